The second kappa shape index (κ2) is 6.46. The van der Waals surface area contributed by atoms with Gasteiger partial charge in [0.25, 0.3) is 0 Å². The first kappa shape index (κ1) is 15.1. The van der Waals surface area contributed by atoms with Crippen LogP contribution in [-0.2, 0) is 0 Å². The van der Waals surface area contributed by atoms with Gasteiger partial charge in [-0.05, 0) is 58.3 Å². The largest absolute Gasteiger partial charge is 0.497 e. The number of rotatable bonds is 3. The van der Waals surface area contributed by atoms with Crippen LogP contribution in [0.2, 0.25) is 0 Å². The van der Waals surface area contributed by atoms with Crippen molar-refractivity contribution in [1.82, 2.24) is 0 Å². The molecule has 2 aromatic carbocycles. The van der Waals surface area contributed by atoms with Gasteiger partial charge in [-0.3, -0.25) is 0 Å². The summed E-state index contributed by atoms with van der Waals surface area (Å²) in [5, 5.41) is -0.174. The third kappa shape index (κ3) is 3.26. The first-order valence-corrected chi connectivity index (χ1v) is 8.08. The van der Waals surface area contributed by atoms with E-state index in [0.717, 1.165) is 21.3 Å². The predicted molar refractivity (Wildman–Crippen MR) is 92.3 cm³/mol. The number of hydrogen-bond acceptors (Lipinski definition) is 1. The minimum Gasteiger partial charge on any atom is -0.497 e. The van der Waals surface area contributed by atoms with Gasteiger partial charge in [0.15, 0.2) is 0 Å². The van der Waals surface area contributed by atoms with Crippen molar-refractivity contribution in [3.8, 4) is 5.75 Å². The Morgan fingerprint density at radius 3 is 2.58 bits per heavy atom. The maximum atomic E-state index is 6.63. The summed E-state index contributed by atoms with van der Waals surface area (Å²) in [6, 6.07) is 12.1. The topological polar surface area (TPSA) is 9.23 Å². The highest BCUT2D eigenvalue weighted by atomic mass is 127. The van der Waals surface area contributed by atoms with E-state index in [0.29, 0.717) is 0 Å². The molecule has 2 rings (SSSR count). The van der Waals surface area contributed by atoms with Gasteiger partial charge in [-0.2, -0.15) is 0 Å². The van der Waals surface area contributed by atoms with Gasteiger partial charge in [0, 0.05) is 8.04 Å². The molecule has 19 heavy (non-hydrogen) atoms. The van der Waals surface area contributed by atoms with Gasteiger partial charge >= 0.3 is 0 Å². The van der Waals surface area contributed by atoms with Gasteiger partial charge < -0.3 is 4.74 Å². The molecule has 0 amide bonds. The zero-order chi connectivity index (χ0) is 14.0. The maximum absolute atomic E-state index is 6.63. The SMILES string of the molecule is COc1ccc(C(Cl)c2cccc(C)c2I)c(Br)c1. The molecule has 1 nitrogen and oxygen atoms in total. The van der Waals surface area contributed by atoms with E-state index < -0.39 is 0 Å². The Morgan fingerprint density at radius 2 is 1.95 bits per heavy atom. The van der Waals surface area contributed by atoms with Crippen molar-refractivity contribution in [3.05, 3.63) is 61.1 Å². The van der Waals surface area contributed by atoms with E-state index in [9.17, 15) is 0 Å². The van der Waals surface area contributed by atoms with E-state index in [1.54, 1.807) is 7.11 Å². The molecule has 100 valence electrons. The molecule has 0 aliphatic heterocycles. The van der Waals surface area contributed by atoms with Crippen molar-refractivity contribution in [2.45, 2.75) is 12.3 Å². The second-order valence-electron chi connectivity index (χ2n) is 4.23. The second-order valence-corrected chi connectivity index (χ2v) is 6.60. The van der Waals surface area contributed by atoms with Crippen molar-refractivity contribution in [2.24, 2.45) is 0 Å². The number of aryl methyl sites for hydroxylation is 1. The van der Waals surface area contributed by atoms with Gasteiger partial charge in [0.05, 0.1) is 12.5 Å². The lowest BCUT2D eigenvalue weighted by Crippen LogP contribution is -1.99. The van der Waals surface area contributed by atoms with Gasteiger partial charge in [-0.25, -0.2) is 0 Å². The molecule has 0 aromatic heterocycles. The van der Waals surface area contributed by atoms with Crippen molar-refractivity contribution in [2.75, 3.05) is 7.11 Å². The number of halogens is 3. The van der Waals surface area contributed by atoms with E-state index in [1.165, 1.54) is 9.13 Å². The van der Waals surface area contributed by atoms with Crippen molar-refractivity contribution < 1.29 is 4.74 Å². The third-order valence-electron chi connectivity index (χ3n) is 2.98. The maximum Gasteiger partial charge on any atom is 0.120 e. The van der Waals surface area contributed by atoms with E-state index in [1.807, 2.05) is 24.3 Å². The predicted octanol–water partition coefficient (Wildman–Crippen LogP) is 5.70. The molecule has 0 saturated heterocycles. The standard InChI is InChI=1S/C15H13BrClIO/c1-9-4-3-5-12(15(9)18)14(17)11-7-6-10(19-2)8-13(11)16/h3-8,14H,1-2H3. The van der Waals surface area contributed by atoms with Gasteiger partial charge in [-0.1, -0.05) is 40.2 Å². The molecule has 1 atom stereocenters. The van der Waals surface area contributed by atoms with E-state index >= 15 is 0 Å². The lowest BCUT2D eigenvalue weighted by atomic mass is 10.0. The first-order valence-electron chi connectivity index (χ1n) is 5.77. The van der Waals surface area contributed by atoms with E-state index in [2.05, 4.69) is 57.6 Å². The summed E-state index contributed by atoms with van der Waals surface area (Å²) in [5.74, 6) is 0.818. The van der Waals surface area contributed by atoms with Crippen LogP contribution in [0.3, 0.4) is 0 Å². The Kier molecular flexibility index (Phi) is 5.15. The molecule has 2 aromatic rings. The number of alkyl halides is 1. The van der Waals surface area contributed by atoms with Crippen LogP contribution in [0.25, 0.3) is 0 Å². The molecule has 4 heteroatoms. The number of benzene rings is 2. The number of methoxy groups -OCH3 is 1. The van der Waals surface area contributed by atoms with Gasteiger partial charge in [0.1, 0.15) is 5.75 Å². The molecule has 0 bridgehead atoms. The fourth-order valence-corrected chi connectivity index (χ4v) is 3.82. The average molecular weight is 452 g/mol. The fourth-order valence-electron chi connectivity index (χ4n) is 1.87. The highest BCUT2D eigenvalue weighted by Gasteiger charge is 2.17. The normalized spacial score (nSPS) is 12.3. The summed E-state index contributed by atoms with van der Waals surface area (Å²) >= 11 is 12.5. The Hall–Kier alpha value is -0.260. The summed E-state index contributed by atoms with van der Waals surface area (Å²) < 4.78 is 7.38. The highest BCUT2D eigenvalue weighted by Crippen LogP contribution is 2.38. The minimum atomic E-state index is -0.174. The summed E-state index contributed by atoms with van der Waals surface area (Å²) in [6.45, 7) is 2.10. The number of ether oxygens (including phenoxy) is 1. The zero-order valence-electron chi connectivity index (χ0n) is 10.6. The van der Waals surface area contributed by atoms with E-state index in [4.69, 9.17) is 16.3 Å². The minimum absolute atomic E-state index is 0.174. The summed E-state index contributed by atoms with van der Waals surface area (Å²) in [6.07, 6.45) is 0. The Morgan fingerprint density at radius 1 is 1.21 bits per heavy atom. The lowest BCUT2D eigenvalue weighted by Gasteiger charge is -2.16. The Balaban J connectivity index is 2.44. The van der Waals surface area contributed by atoms with Gasteiger partial charge in [-0.15, -0.1) is 11.6 Å². The lowest BCUT2D eigenvalue weighted by molar-refractivity contribution is 0.414. The summed E-state index contributed by atoms with van der Waals surface area (Å²) in [5.41, 5.74) is 3.42. The fraction of sp³-hybridized carbons (Fsp3) is 0.200. The van der Waals surface area contributed by atoms with Crippen LogP contribution in [-0.4, -0.2) is 7.11 Å². The van der Waals surface area contributed by atoms with Gasteiger partial charge in [0.2, 0.25) is 0 Å². The molecule has 0 fully saturated rings. The molecule has 0 spiro atoms. The van der Waals surface area contributed by atoms with Crippen LogP contribution < -0.4 is 4.74 Å². The monoisotopic (exact) mass is 450 g/mol. The molecule has 0 saturated carbocycles. The van der Waals surface area contributed by atoms with E-state index in [-0.39, 0.29) is 5.38 Å². The molecule has 0 heterocycles. The molecule has 0 N–H and O–H groups in total. The average Bonchev–Trinajstić information content (AvgIpc) is 2.41. The molecule has 0 radical (unpaired) electrons. The highest BCUT2D eigenvalue weighted by molar-refractivity contribution is 14.1. The smallest absolute Gasteiger partial charge is 0.120 e. The van der Waals surface area contributed by atoms with Crippen LogP contribution >= 0.6 is 50.1 Å². The van der Waals surface area contributed by atoms with Crippen LogP contribution in [0.4, 0.5) is 0 Å². The molecule has 1 unspecified atom stereocenters. The van der Waals surface area contributed by atoms with Crippen LogP contribution in [0.5, 0.6) is 5.75 Å². The quantitative estimate of drug-likeness (QED) is 0.430. The van der Waals surface area contributed by atoms with Crippen LogP contribution in [0.1, 0.15) is 22.1 Å². The number of hydrogen-bond donors (Lipinski definition) is 0. The van der Waals surface area contributed by atoms with Crippen LogP contribution in [0, 0.1) is 10.5 Å². The molecular formula is C15H13BrClIO. The summed E-state index contributed by atoms with van der Waals surface area (Å²) in [7, 11) is 1.66. The molecular weight excluding hydrogens is 438 g/mol. The first-order chi connectivity index (χ1) is 9.04. The summed E-state index contributed by atoms with van der Waals surface area (Å²) in [4.78, 5) is 0. The van der Waals surface area contributed by atoms with Crippen molar-refractivity contribution in [1.29, 1.82) is 0 Å². The molecule has 0 aliphatic carbocycles. The Bertz CT molecular complexity index is 601. The van der Waals surface area contributed by atoms with Crippen molar-refractivity contribution >= 4 is 50.1 Å². The van der Waals surface area contributed by atoms with Crippen molar-refractivity contribution in [3.63, 3.8) is 0 Å². The zero-order valence-corrected chi connectivity index (χ0v) is 15.1. The molecule has 0 aliphatic rings. The Labute approximate surface area is 140 Å². The van der Waals surface area contributed by atoms with Crippen LogP contribution in [0.15, 0.2) is 40.9 Å². The third-order valence-corrected chi connectivity index (χ3v) is 5.61.